The summed E-state index contributed by atoms with van der Waals surface area (Å²) in [6.07, 6.45) is 3.55. The summed E-state index contributed by atoms with van der Waals surface area (Å²) in [7, 11) is 9.30. The number of hydrazine groups is 1. The number of nitrogens with one attached hydrogen (secondary N) is 1. The Hall–Kier alpha value is -2.02. The van der Waals surface area contributed by atoms with Crippen LogP contribution in [0, 0.1) is 0 Å². The predicted octanol–water partition coefficient (Wildman–Crippen LogP) is 1.81. The minimum absolute atomic E-state index is 0.536. The molecule has 2 aliphatic rings. The summed E-state index contributed by atoms with van der Waals surface area (Å²) in [5.41, 5.74) is 5.00. The van der Waals surface area contributed by atoms with E-state index in [4.69, 9.17) is 17.0 Å². The van der Waals surface area contributed by atoms with Gasteiger partial charge in [0.1, 0.15) is 0 Å². The maximum atomic E-state index is 6.08. The van der Waals surface area contributed by atoms with E-state index in [9.17, 15) is 0 Å². The van der Waals surface area contributed by atoms with Gasteiger partial charge in [-0.25, -0.2) is 0 Å². The SMILES string of the molecule is [B]=C1C=C(c2c(OC)cccc2OC)N=C2C(Br)=CNN12. The van der Waals surface area contributed by atoms with Crippen molar-refractivity contribution in [1.29, 1.82) is 0 Å². The number of rotatable bonds is 3. The molecule has 1 N–H and O–H groups in total. The quantitative estimate of drug-likeness (QED) is 0.849. The Labute approximate surface area is 132 Å². The molecule has 0 aliphatic carbocycles. The van der Waals surface area contributed by atoms with Gasteiger partial charge >= 0.3 is 132 Å². The van der Waals surface area contributed by atoms with Crippen molar-refractivity contribution < 1.29 is 9.47 Å². The molecule has 0 spiro atoms. The number of hydrogen-bond acceptors (Lipinski definition) is 5. The van der Waals surface area contributed by atoms with Gasteiger partial charge in [-0.3, -0.25) is 0 Å². The summed E-state index contributed by atoms with van der Waals surface area (Å²) in [6.45, 7) is 0. The summed E-state index contributed by atoms with van der Waals surface area (Å²) < 4.78 is 11.7. The zero-order chi connectivity index (χ0) is 15.0. The molecular weight excluding hydrogens is 333 g/mol. The van der Waals surface area contributed by atoms with Crippen molar-refractivity contribution >= 4 is 40.5 Å². The second kappa shape index (κ2) is 5.40. The Bertz CT molecular complexity index is 690. The topological polar surface area (TPSA) is 46.1 Å². The molecule has 0 atom stereocenters. The van der Waals surface area contributed by atoms with Crippen LogP contribution in [-0.2, 0) is 0 Å². The fraction of sp³-hybridized carbons (Fsp3) is 0.143. The van der Waals surface area contributed by atoms with E-state index in [0.717, 1.165) is 10.0 Å². The molecule has 3 rings (SSSR count). The van der Waals surface area contributed by atoms with Crippen molar-refractivity contribution in [3.8, 4) is 11.5 Å². The molecule has 0 fully saturated rings. The number of hydrogen-bond donors (Lipinski definition) is 1. The van der Waals surface area contributed by atoms with Gasteiger partial charge in [-0.05, 0) is 0 Å². The van der Waals surface area contributed by atoms with Crippen LogP contribution >= 0.6 is 15.9 Å². The van der Waals surface area contributed by atoms with Crippen LogP contribution in [0.4, 0.5) is 0 Å². The third-order valence-corrected chi connectivity index (χ3v) is 3.78. The first-order valence-electron chi connectivity index (χ1n) is 6.22. The number of ether oxygens (including phenoxy) is 2. The molecule has 1 aromatic carbocycles. The molecule has 0 saturated heterocycles. The average Bonchev–Trinajstić information content (AvgIpc) is 2.88. The number of fused-ring (bicyclic) bond motifs is 1. The number of nitrogens with zero attached hydrogens (tertiary/aromatic N) is 2. The number of aliphatic imine (C=N–C) groups is 1. The van der Waals surface area contributed by atoms with Crippen molar-refractivity contribution in [2.24, 2.45) is 4.99 Å². The molecular formula is C14H12BBrN3O2. The van der Waals surface area contributed by atoms with E-state index in [-0.39, 0.29) is 0 Å². The van der Waals surface area contributed by atoms with Crippen molar-refractivity contribution in [3.05, 3.63) is 40.5 Å². The number of halogens is 1. The zero-order valence-corrected chi connectivity index (χ0v) is 13.1. The minimum atomic E-state index is 0.536. The first kappa shape index (κ1) is 13.9. The normalized spacial score (nSPS) is 16.6. The van der Waals surface area contributed by atoms with E-state index in [2.05, 4.69) is 26.3 Å². The second-order valence-electron chi connectivity index (χ2n) is 4.38. The third kappa shape index (κ3) is 2.27. The van der Waals surface area contributed by atoms with Crippen molar-refractivity contribution in [1.82, 2.24) is 10.4 Å². The van der Waals surface area contributed by atoms with Crippen LogP contribution in [0.3, 0.4) is 0 Å². The molecule has 21 heavy (non-hydrogen) atoms. The van der Waals surface area contributed by atoms with E-state index in [0.29, 0.717) is 28.6 Å². The Kier molecular flexibility index (Phi) is 3.59. The monoisotopic (exact) mass is 344 g/mol. The molecule has 2 aliphatic heterocycles. The molecule has 5 nitrogen and oxygen atoms in total. The summed E-state index contributed by atoms with van der Waals surface area (Å²) in [6, 6.07) is 5.59. The Morgan fingerprint density at radius 3 is 2.52 bits per heavy atom. The second-order valence-corrected chi connectivity index (χ2v) is 5.24. The van der Waals surface area contributed by atoms with E-state index < -0.39 is 0 Å². The van der Waals surface area contributed by atoms with Crippen LogP contribution < -0.4 is 14.9 Å². The number of methoxy groups -OCH3 is 2. The van der Waals surface area contributed by atoms with Gasteiger partial charge in [0.2, 0.25) is 0 Å². The van der Waals surface area contributed by atoms with Crippen LogP contribution in [0.25, 0.3) is 5.70 Å². The van der Waals surface area contributed by atoms with Crippen LogP contribution in [0.1, 0.15) is 5.56 Å². The summed E-state index contributed by atoms with van der Waals surface area (Å²) in [5, 5.41) is 1.69. The van der Waals surface area contributed by atoms with Gasteiger partial charge in [0.25, 0.3) is 0 Å². The first-order valence-corrected chi connectivity index (χ1v) is 7.01. The van der Waals surface area contributed by atoms with E-state index >= 15 is 0 Å². The standard InChI is InChI=1S/C14H12BBrN3O2/c1-20-10-4-3-5-11(21-2)13(10)9-6-12(15)19-14(18-9)8(16)7-17-19/h3-7,17H,1-2H3. The molecule has 2 heterocycles. The van der Waals surface area contributed by atoms with Gasteiger partial charge in [-0.2, -0.15) is 0 Å². The van der Waals surface area contributed by atoms with Crippen LogP contribution in [0.15, 0.2) is 39.9 Å². The summed E-state index contributed by atoms with van der Waals surface area (Å²) in [5.74, 6) is 2.05. The third-order valence-electron chi connectivity index (χ3n) is 3.20. The van der Waals surface area contributed by atoms with Crippen molar-refractivity contribution in [2.75, 3.05) is 14.2 Å². The predicted molar refractivity (Wildman–Crippen MR) is 87.7 cm³/mol. The van der Waals surface area contributed by atoms with Crippen LogP contribution in [-0.4, -0.2) is 38.1 Å². The molecule has 0 bridgehead atoms. The summed E-state index contributed by atoms with van der Waals surface area (Å²) in [4.78, 5) is 4.63. The molecule has 105 valence electrons. The molecule has 0 amide bonds. The van der Waals surface area contributed by atoms with Gasteiger partial charge in [0.15, 0.2) is 0 Å². The van der Waals surface area contributed by atoms with E-state index in [1.165, 1.54) is 0 Å². The Morgan fingerprint density at radius 2 is 1.90 bits per heavy atom. The molecule has 0 aromatic heterocycles. The van der Waals surface area contributed by atoms with Gasteiger partial charge in [-0.1, -0.05) is 0 Å². The van der Waals surface area contributed by atoms with Gasteiger partial charge in [0.05, 0.1) is 0 Å². The Morgan fingerprint density at radius 1 is 1.24 bits per heavy atom. The zero-order valence-electron chi connectivity index (χ0n) is 11.6. The van der Waals surface area contributed by atoms with Crippen LogP contribution in [0.2, 0.25) is 0 Å². The molecule has 7 heteroatoms. The van der Waals surface area contributed by atoms with Crippen LogP contribution in [0.5, 0.6) is 11.5 Å². The van der Waals surface area contributed by atoms with E-state index in [1.807, 2.05) is 18.2 Å². The number of benzene rings is 1. The Balaban J connectivity index is 2.15. The maximum absolute atomic E-state index is 6.08. The van der Waals surface area contributed by atoms with Crippen molar-refractivity contribution in [3.63, 3.8) is 0 Å². The molecule has 0 saturated carbocycles. The number of amidine groups is 1. The van der Waals surface area contributed by atoms with Gasteiger partial charge < -0.3 is 0 Å². The average molecular weight is 345 g/mol. The molecule has 1 radical (unpaired) electrons. The van der Waals surface area contributed by atoms with Gasteiger partial charge in [0, 0.05) is 0 Å². The summed E-state index contributed by atoms with van der Waals surface area (Å²) >= 11 is 3.45. The fourth-order valence-electron chi connectivity index (χ4n) is 2.24. The van der Waals surface area contributed by atoms with E-state index in [1.54, 1.807) is 31.5 Å². The molecule has 1 aromatic rings. The first-order chi connectivity index (χ1) is 10.2. The van der Waals surface area contributed by atoms with Crippen molar-refractivity contribution in [2.45, 2.75) is 0 Å². The van der Waals surface area contributed by atoms with Gasteiger partial charge in [-0.15, -0.1) is 0 Å². The molecule has 0 unspecified atom stereocenters. The fourth-order valence-corrected chi connectivity index (χ4v) is 2.61.